The van der Waals surface area contributed by atoms with Crippen molar-refractivity contribution >= 4 is 0 Å². The summed E-state index contributed by atoms with van der Waals surface area (Å²) in [5, 5.41) is 12.6. The molecule has 0 amide bonds. The number of hydrogen-bond donors (Lipinski definition) is 1. The van der Waals surface area contributed by atoms with E-state index in [1.807, 2.05) is 12.1 Å². The molecule has 1 aliphatic rings. The van der Waals surface area contributed by atoms with Gasteiger partial charge in [0.25, 0.3) is 0 Å². The quantitative estimate of drug-likeness (QED) is 0.894. The molecule has 1 fully saturated rings. The van der Waals surface area contributed by atoms with E-state index < -0.39 is 0 Å². The van der Waals surface area contributed by atoms with E-state index in [-0.39, 0.29) is 0 Å². The molecular weight excluding hydrogens is 246 g/mol. The Morgan fingerprint density at radius 2 is 1.95 bits per heavy atom. The van der Waals surface area contributed by atoms with Crippen molar-refractivity contribution < 1.29 is 0 Å². The van der Waals surface area contributed by atoms with Crippen LogP contribution in [-0.2, 0) is 0 Å². The van der Waals surface area contributed by atoms with Gasteiger partial charge in [-0.3, -0.25) is 0 Å². The van der Waals surface area contributed by atoms with Gasteiger partial charge in [0.05, 0.1) is 11.6 Å². The van der Waals surface area contributed by atoms with Gasteiger partial charge in [-0.25, -0.2) is 0 Å². The van der Waals surface area contributed by atoms with Crippen LogP contribution in [0.5, 0.6) is 0 Å². The fraction of sp³-hybridized carbons (Fsp3) is 0.588. The van der Waals surface area contributed by atoms with Crippen LogP contribution in [0.15, 0.2) is 24.3 Å². The van der Waals surface area contributed by atoms with E-state index in [1.165, 1.54) is 44.5 Å². The van der Waals surface area contributed by atoms with E-state index >= 15 is 0 Å². The number of nitriles is 1. The predicted molar refractivity (Wildman–Crippen MR) is 82.5 cm³/mol. The Bertz CT molecular complexity index is 438. The van der Waals surface area contributed by atoms with Crippen LogP contribution in [0.2, 0.25) is 0 Å². The molecule has 0 aromatic heterocycles. The van der Waals surface area contributed by atoms with Crippen LogP contribution in [-0.4, -0.2) is 30.6 Å². The van der Waals surface area contributed by atoms with Gasteiger partial charge in [-0.05, 0) is 63.5 Å². The SMILES string of the molecule is CCCN1CCC(NC(C)c2ccc(C#N)cc2)CC1. The summed E-state index contributed by atoms with van der Waals surface area (Å²) in [6.45, 7) is 8.12. The first-order valence-corrected chi connectivity index (χ1v) is 7.71. The molecular formula is C17H25N3. The summed E-state index contributed by atoms with van der Waals surface area (Å²) in [6.07, 6.45) is 3.72. The lowest BCUT2D eigenvalue weighted by Crippen LogP contribution is -2.43. The molecule has 1 heterocycles. The van der Waals surface area contributed by atoms with Gasteiger partial charge in [-0.1, -0.05) is 19.1 Å². The predicted octanol–water partition coefficient (Wildman–Crippen LogP) is 3.08. The van der Waals surface area contributed by atoms with Crippen molar-refractivity contribution in [1.29, 1.82) is 5.26 Å². The van der Waals surface area contributed by atoms with E-state index in [4.69, 9.17) is 5.26 Å². The van der Waals surface area contributed by atoms with Gasteiger partial charge in [0.15, 0.2) is 0 Å². The van der Waals surface area contributed by atoms with Gasteiger partial charge < -0.3 is 10.2 Å². The molecule has 0 saturated carbocycles. The third kappa shape index (κ3) is 4.06. The van der Waals surface area contributed by atoms with Gasteiger partial charge >= 0.3 is 0 Å². The Morgan fingerprint density at radius 1 is 1.30 bits per heavy atom. The van der Waals surface area contributed by atoms with Crippen LogP contribution >= 0.6 is 0 Å². The zero-order valence-corrected chi connectivity index (χ0v) is 12.6. The van der Waals surface area contributed by atoms with E-state index in [9.17, 15) is 0 Å². The lowest BCUT2D eigenvalue weighted by atomic mass is 10.0. The first kappa shape index (κ1) is 15.0. The Labute approximate surface area is 122 Å². The van der Waals surface area contributed by atoms with Crippen molar-refractivity contribution in [3.8, 4) is 6.07 Å². The molecule has 3 nitrogen and oxygen atoms in total. The first-order chi connectivity index (χ1) is 9.72. The minimum Gasteiger partial charge on any atom is -0.307 e. The summed E-state index contributed by atoms with van der Waals surface area (Å²) < 4.78 is 0. The summed E-state index contributed by atoms with van der Waals surface area (Å²) in [7, 11) is 0. The van der Waals surface area contributed by atoms with Gasteiger partial charge in [0, 0.05) is 12.1 Å². The third-order valence-electron chi connectivity index (χ3n) is 4.15. The zero-order chi connectivity index (χ0) is 14.4. The normalized spacial score (nSPS) is 18.6. The van der Waals surface area contributed by atoms with Crippen LogP contribution in [0.1, 0.15) is 50.3 Å². The van der Waals surface area contributed by atoms with Crippen molar-refractivity contribution in [3.63, 3.8) is 0 Å². The maximum Gasteiger partial charge on any atom is 0.0991 e. The molecule has 1 aliphatic heterocycles. The van der Waals surface area contributed by atoms with Gasteiger partial charge in [-0.15, -0.1) is 0 Å². The second kappa shape index (κ2) is 7.42. The number of nitrogens with one attached hydrogen (secondary N) is 1. The first-order valence-electron chi connectivity index (χ1n) is 7.71. The van der Waals surface area contributed by atoms with Crippen molar-refractivity contribution in [2.75, 3.05) is 19.6 Å². The maximum absolute atomic E-state index is 8.83. The fourth-order valence-corrected chi connectivity index (χ4v) is 2.94. The Balaban J connectivity index is 1.82. The van der Waals surface area contributed by atoms with E-state index in [0.717, 1.165) is 5.56 Å². The zero-order valence-electron chi connectivity index (χ0n) is 12.6. The van der Waals surface area contributed by atoms with Crippen molar-refractivity contribution in [2.45, 2.75) is 45.2 Å². The minimum absolute atomic E-state index is 0.352. The lowest BCUT2D eigenvalue weighted by molar-refractivity contribution is 0.192. The van der Waals surface area contributed by atoms with Crippen molar-refractivity contribution in [1.82, 2.24) is 10.2 Å². The van der Waals surface area contributed by atoms with Crippen LogP contribution < -0.4 is 5.32 Å². The highest BCUT2D eigenvalue weighted by molar-refractivity contribution is 5.32. The van der Waals surface area contributed by atoms with Gasteiger partial charge in [0.1, 0.15) is 0 Å². The monoisotopic (exact) mass is 271 g/mol. The Hall–Kier alpha value is -1.37. The van der Waals surface area contributed by atoms with Crippen LogP contribution in [0, 0.1) is 11.3 Å². The van der Waals surface area contributed by atoms with Crippen LogP contribution in [0.25, 0.3) is 0 Å². The largest absolute Gasteiger partial charge is 0.307 e. The standard InChI is InChI=1S/C17H25N3/c1-3-10-20-11-8-17(9-12-20)19-14(2)16-6-4-15(13-18)5-7-16/h4-7,14,17,19H,3,8-12H2,1-2H3. The average Bonchev–Trinajstić information content (AvgIpc) is 2.49. The van der Waals surface area contributed by atoms with E-state index in [0.29, 0.717) is 12.1 Å². The van der Waals surface area contributed by atoms with Crippen LogP contribution in [0.3, 0.4) is 0 Å². The third-order valence-corrected chi connectivity index (χ3v) is 4.15. The highest BCUT2D eigenvalue weighted by Gasteiger charge is 2.20. The number of likely N-dealkylation sites (tertiary alicyclic amines) is 1. The van der Waals surface area contributed by atoms with Crippen molar-refractivity contribution in [3.05, 3.63) is 35.4 Å². The number of rotatable bonds is 5. The second-order valence-corrected chi connectivity index (χ2v) is 5.74. The molecule has 1 atom stereocenters. The Morgan fingerprint density at radius 3 is 2.50 bits per heavy atom. The smallest absolute Gasteiger partial charge is 0.0991 e. The number of hydrogen-bond acceptors (Lipinski definition) is 3. The molecule has 0 spiro atoms. The number of nitrogens with zero attached hydrogens (tertiary/aromatic N) is 2. The molecule has 0 bridgehead atoms. The molecule has 0 radical (unpaired) electrons. The summed E-state index contributed by atoms with van der Waals surface area (Å²) in [5.74, 6) is 0. The molecule has 3 heteroatoms. The average molecular weight is 271 g/mol. The fourth-order valence-electron chi connectivity index (χ4n) is 2.94. The summed E-state index contributed by atoms with van der Waals surface area (Å²) >= 11 is 0. The lowest BCUT2D eigenvalue weighted by Gasteiger charge is -2.33. The Kier molecular flexibility index (Phi) is 5.58. The van der Waals surface area contributed by atoms with Crippen LogP contribution in [0.4, 0.5) is 0 Å². The van der Waals surface area contributed by atoms with E-state index in [1.54, 1.807) is 0 Å². The minimum atomic E-state index is 0.352. The molecule has 1 unspecified atom stereocenters. The van der Waals surface area contributed by atoms with Gasteiger partial charge in [-0.2, -0.15) is 5.26 Å². The molecule has 2 rings (SSSR count). The van der Waals surface area contributed by atoms with Gasteiger partial charge in [0.2, 0.25) is 0 Å². The summed E-state index contributed by atoms with van der Waals surface area (Å²) in [6, 6.07) is 11.1. The number of piperidine rings is 1. The molecule has 1 saturated heterocycles. The number of benzene rings is 1. The summed E-state index contributed by atoms with van der Waals surface area (Å²) in [5.41, 5.74) is 1.99. The highest BCUT2D eigenvalue weighted by Crippen LogP contribution is 2.18. The molecule has 108 valence electrons. The molecule has 1 aromatic carbocycles. The highest BCUT2D eigenvalue weighted by atomic mass is 15.1. The summed E-state index contributed by atoms with van der Waals surface area (Å²) in [4.78, 5) is 2.56. The van der Waals surface area contributed by atoms with Crippen molar-refractivity contribution in [2.24, 2.45) is 0 Å². The second-order valence-electron chi connectivity index (χ2n) is 5.74. The molecule has 0 aliphatic carbocycles. The maximum atomic E-state index is 8.83. The topological polar surface area (TPSA) is 39.1 Å². The van der Waals surface area contributed by atoms with E-state index in [2.05, 4.69) is 42.3 Å². The molecule has 20 heavy (non-hydrogen) atoms. The molecule has 1 aromatic rings. The molecule has 1 N–H and O–H groups in total.